The number of aryl methyl sites for hydroxylation is 1. The van der Waals surface area contributed by atoms with Crippen molar-refractivity contribution in [1.29, 1.82) is 0 Å². The summed E-state index contributed by atoms with van der Waals surface area (Å²) in [4.78, 5) is 30.0. The molecule has 6 heteroatoms. The maximum atomic E-state index is 12.7. The van der Waals surface area contributed by atoms with Crippen molar-refractivity contribution in [2.75, 3.05) is 13.1 Å². The minimum absolute atomic E-state index is 0.0641. The number of nitrogens with two attached hydrogens (primary N) is 1. The van der Waals surface area contributed by atoms with Crippen LogP contribution in [0.15, 0.2) is 30.3 Å². The Labute approximate surface area is 133 Å². The number of aliphatic hydroxyl groups is 1. The molecule has 1 atom stereocenters. The number of likely N-dealkylation sites (tertiary alicyclic amines) is 1. The predicted molar refractivity (Wildman–Crippen MR) is 85.8 cm³/mol. The second kappa shape index (κ2) is 5.62. The summed E-state index contributed by atoms with van der Waals surface area (Å²) in [7, 11) is 0. The molecule has 1 aromatic carbocycles. The number of primary amides is 1. The van der Waals surface area contributed by atoms with Gasteiger partial charge in [0.1, 0.15) is 0 Å². The molecule has 1 saturated heterocycles. The van der Waals surface area contributed by atoms with Crippen molar-refractivity contribution < 1.29 is 14.7 Å². The molecule has 1 fully saturated rings. The zero-order valence-electron chi connectivity index (χ0n) is 13.0. The van der Waals surface area contributed by atoms with Crippen molar-refractivity contribution >= 4 is 22.7 Å². The molecule has 2 heterocycles. The normalized spacial score (nSPS) is 21.4. The van der Waals surface area contributed by atoms with Crippen LogP contribution in [0.5, 0.6) is 0 Å². The summed E-state index contributed by atoms with van der Waals surface area (Å²) in [6, 6.07) is 9.12. The lowest BCUT2D eigenvalue weighted by Gasteiger charge is -2.37. The molecule has 1 aliphatic rings. The summed E-state index contributed by atoms with van der Waals surface area (Å²) in [6.07, 6.45) is 0.826. The van der Waals surface area contributed by atoms with Crippen LogP contribution in [0.2, 0.25) is 0 Å². The first kappa shape index (κ1) is 15.4. The number of benzene rings is 1. The van der Waals surface area contributed by atoms with Gasteiger partial charge in [-0.15, -0.1) is 0 Å². The number of carbonyl (C=O) groups is 2. The van der Waals surface area contributed by atoms with Crippen molar-refractivity contribution in [1.82, 2.24) is 9.88 Å². The minimum atomic E-state index is -1.64. The van der Waals surface area contributed by atoms with Gasteiger partial charge < -0.3 is 15.7 Å². The van der Waals surface area contributed by atoms with Crippen LogP contribution in [-0.4, -0.2) is 45.5 Å². The van der Waals surface area contributed by atoms with Gasteiger partial charge in [0, 0.05) is 23.2 Å². The van der Waals surface area contributed by atoms with Crippen molar-refractivity contribution in [2.24, 2.45) is 5.73 Å². The zero-order valence-corrected chi connectivity index (χ0v) is 13.0. The molecule has 0 saturated carbocycles. The lowest BCUT2D eigenvalue weighted by atomic mass is 9.91. The molecule has 0 bridgehead atoms. The third-order valence-corrected chi connectivity index (χ3v) is 4.29. The van der Waals surface area contributed by atoms with Crippen LogP contribution >= 0.6 is 0 Å². The molecule has 0 radical (unpaired) electrons. The highest BCUT2D eigenvalue weighted by atomic mass is 16.3. The van der Waals surface area contributed by atoms with Gasteiger partial charge in [-0.3, -0.25) is 14.6 Å². The molecule has 1 aliphatic heterocycles. The Bertz CT molecular complexity index is 790. The maximum Gasteiger partial charge on any atom is 0.253 e. The number of carbonyl (C=O) groups excluding carboxylic acids is 2. The van der Waals surface area contributed by atoms with Gasteiger partial charge in [0.05, 0.1) is 12.1 Å². The van der Waals surface area contributed by atoms with Crippen molar-refractivity contribution in [3.05, 3.63) is 41.6 Å². The number of nitrogens with zero attached hydrogens (tertiary/aromatic N) is 2. The maximum absolute atomic E-state index is 12.7. The van der Waals surface area contributed by atoms with Crippen molar-refractivity contribution in [3.8, 4) is 0 Å². The molecule has 3 rings (SSSR count). The number of pyridine rings is 1. The van der Waals surface area contributed by atoms with E-state index < -0.39 is 11.5 Å². The molecule has 1 aromatic heterocycles. The first-order valence-corrected chi connectivity index (χ1v) is 7.58. The van der Waals surface area contributed by atoms with Crippen molar-refractivity contribution in [2.45, 2.75) is 25.4 Å². The first-order valence-electron chi connectivity index (χ1n) is 7.58. The van der Waals surface area contributed by atoms with E-state index in [1.807, 2.05) is 19.1 Å². The van der Waals surface area contributed by atoms with Crippen LogP contribution in [0, 0.1) is 6.92 Å². The minimum Gasteiger partial charge on any atom is -0.378 e. The molecule has 23 heavy (non-hydrogen) atoms. The number of aromatic nitrogens is 1. The van der Waals surface area contributed by atoms with Gasteiger partial charge >= 0.3 is 0 Å². The summed E-state index contributed by atoms with van der Waals surface area (Å²) >= 11 is 0. The highest BCUT2D eigenvalue weighted by Crippen LogP contribution is 2.23. The summed E-state index contributed by atoms with van der Waals surface area (Å²) < 4.78 is 0. The third-order valence-electron chi connectivity index (χ3n) is 4.29. The van der Waals surface area contributed by atoms with Crippen LogP contribution in [0.25, 0.3) is 10.9 Å². The van der Waals surface area contributed by atoms with E-state index in [9.17, 15) is 14.7 Å². The molecule has 3 N–H and O–H groups in total. The quantitative estimate of drug-likeness (QED) is 0.864. The molecular weight excluding hydrogens is 294 g/mol. The number of rotatable bonds is 2. The summed E-state index contributed by atoms with van der Waals surface area (Å²) in [5.41, 5.74) is 5.87. The highest BCUT2D eigenvalue weighted by Gasteiger charge is 2.40. The Kier molecular flexibility index (Phi) is 3.77. The van der Waals surface area contributed by atoms with Crippen molar-refractivity contribution in [3.63, 3.8) is 0 Å². The Hall–Kier alpha value is -2.47. The lowest BCUT2D eigenvalue weighted by molar-refractivity contribution is -0.140. The molecule has 0 spiro atoms. The Morgan fingerprint density at radius 1 is 1.30 bits per heavy atom. The molecule has 0 aliphatic carbocycles. The second-order valence-corrected chi connectivity index (χ2v) is 6.09. The van der Waals surface area contributed by atoms with Crippen LogP contribution < -0.4 is 5.73 Å². The molecule has 6 nitrogen and oxygen atoms in total. The van der Waals surface area contributed by atoms with E-state index in [0.29, 0.717) is 18.5 Å². The van der Waals surface area contributed by atoms with E-state index in [2.05, 4.69) is 4.98 Å². The van der Waals surface area contributed by atoms with E-state index in [4.69, 9.17) is 5.73 Å². The fraction of sp³-hybridized carbons (Fsp3) is 0.353. The fourth-order valence-corrected chi connectivity index (χ4v) is 2.95. The summed E-state index contributed by atoms with van der Waals surface area (Å²) in [5.74, 6) is -1.000. The van der Waals surface area contributed by atoms with E-state index >= 15 is 0 Å². The van der Waals surface area contributed by atoms with Gasteiger partial charge in [0.25, 0.3) is 11.8 Å². The molecule has 2 amide bonds. The number of fused-ring (bicyclic) bond motifs is 1. The Morgan fingerprint density at radius 2 is 2.09 bits per heavy atom. The van der Waals surface area contributed by atoms with Gasteiger partial charge in [-0.05, 0) is 44.0 Å². The standard InChI is InChI=1S/C17H19N3O3/c1-11-3-4-12-9-13(5-6-14(12)19-11)15(21)20-8-2-7-17(23,10-20)16(18)22/h3-6,9,23H,2,7-8,10H2,1H3,(H2,18,22). The van der Waals surface area contributed by atoms with Gasteiger partial charge in [0.15, 0.2) is 5.60 Å². The molecule has 2 aromatic rings. The van der Waals surface area contributed by atoms with Crippen LogP contribution in [0.3, 0.4) is 0 Å². The number of piperidine rings is 1. The Morgan fingerprint density at radius 3 is 2.83 bits per heavy atom. The number of hydrogen-bond acceptors (Lipinski definition) is 4. The average molecular weight is 313 g/mol. The highest BCUT2D eigenvalue weighted by molar-refractivity contribution is 5.98. The van der Waals surface area contributed by atoms with Gasteiger partial charge in [0.2, 0.25) is 0 Å². The monoisotopic (exact) mass is 313 g/mol. The average Bonchev–Trinajstić information content (AvgIpc) is 2.53. The summed E-state index contributed by atoms with van der Waals surface area (Å²) in [6.45, 7) is 2.35. The number of amides is 2. The van der Waals surface area contributed by atoms with E-state index in [0.717, 1.165) is 16.6 Å². The van der Waals surface area contributed by atoms with Crippen LogP contribution in [-0.2, 0) is 4.79 Å². The summed E-state index contributed by atoms with van der Waals surface area (Å²) in [5, 5.41) is 11.1. The largest absolute Gasteiger partial charge is 0.378 e. The number of hydrogen-bond donors (Lipinski definition) is 2. The van der Waals surface area contributed by atoms with E-state index in [-0.39, 0.29) is 18.9 Å². The Balaban J connectivity index is 1.88. The van der Waals surface area contributed by atoms with Crippen LogP contribution in [0.4, 0.5) is 0 Å². The second-order valence-electron chi connectivity index (χ2n) is 6.09. The lowest BCUT2D eigenvalue weighted by Crippen LogP contribution is -2.57. The zero-order chi connectivity index (χ0) is 16.6. The van der Waals surface area contributed by atoms with Gasteiger partial charge in [-0.2, -0.15) is 0 Å². The van der Waals surface area contributed by atoms with Gasteiger partial charge in [-0.1, -0.05) is 6.07 Å². The molecule has 120 valence electrons. The molecular formula is C17H19N3O3. The fourth-order valence-electron chi connectivity index (χ4n) is 2.95. The predicted octanol–water partition coefficient (Wildman–Crippen LogP) is 0.996. The van der Waals surface area contributed by atoms with Gasteiger partial charge in [-0.25, -0.2) is 0 Å². The smallest absolute Gasteiger partial charge is 0.253 e. The van der Waals surface area contributed by atoms with E-state index in [1.165, 1.54) is 4.90 Å². The topological polar surface area (TPSA) is 96.5 Å². The first-order chi connectivity index (χ1) is 10.9. The third kappa shape index (κ3) is 2.90. The molecule has 1 unspecified atom stereocenters. The number of β-amino-alcohol motifs (C(OH)–C–C–N with tert-alkyl or cyclic N) is 1. The van der Waals surface area contributed by atoms with E-state index in [1.54, 1.807) is 18.2 Å². The SMILES string of the molecule is Cc1ccc2cc(C(=O)N3CCCC(O)(C(N)=O)C3)ccc2n1. The van der Waals surface area contributed by atoms with Crippen LogP contribution in [0.1, 0.15) is 28.9 Å².